The molecular formula is C53H113N10O19P3+4. The molecule has 85 heavy (non-hydrogen) atoms. The van der Waals surface area contributed by atoms with Crippen molar-refractivity contribution in [2.75, 3.05) is 170 Å². The first kappa shape index (κ1) is 82.0. The summed E-state index contributed by atoms with van der Waals surface area (Å²) in [4.78, 5) is 120. The van der Waals surface area contributed by atoms with Crippen LogP contribution >= 0.6 is 23.5 Å². The minimum atomic E-state index is -5.63. The molecule has 0 aliphatic rings. The first-order valence-electron chi connectivity index (χ1n) is 29.7. The molecule has 0 aromatic heterocycles. The highest BCUT2D eigenvalue weighted by molar-refractivity contribution is 7.66. The van der Waals surface area contributed by atoms with E-state index in [1.165, 1.54) is 0 Å². The van der Waals surface area contributed by atoms with Gasteiger partial charge in [-0.25, -0.2) is 13.7 Å². The van der Waals surface area contributed by atoms with E-state index in [2.05, 4.69) is 108 Å². The lowest BCUT2D eigenvalue weighted by Gasteiger charge is -2.28. The van der Waals surface area contributed by atoms with E-state index >= 15 is 0 Å². The van der Waals surface area contributed by atoms with Crippen molar-refractivity contribution in [1.29, 1.82) is 0 Å². The minimum Gasteiger partial charge on any atom is -0.379 e. The zero-order valence-corrected chi connectivity index (χ0v) is 56.2. The third-order valence-electron chi connectivity index (χ3n) is 12.7. The Morgan fingerprint density at radius 2 is 0.776 bits per heavy atom. The van der Waals surface area contributed by atoms with Crippen molar-refractivity contribution in [2.24, 2.45) is 0 Å². The van der Waals surface area contributed by atoms with Crippen molar-refractivity contribution < 1.29 is 107 Å². The lowest BCUT2D eigenvalue weighted by Crippen LogP contribution is -2.58. The van der Waals surface area contributed by atoms with Crippen LogP contribution in [-0.2, 0) is 69.8 Å². The molecule has 0 saturated heterocycles. The van der Waals surface area contributed by atoms with E-state index in [4.69, 9.17) is 24.0 Å². The van der Waals surface area contributed by atoms with Crippen molar-refractivity contribution in [1.82, 2.24) is 31.9 Å². The Kier molecular flexibility index (Phi) is 40.5. The van der Waals surface area contributed by atoms with E-state index in [0.29, 0.717) is 91.2 Å². The van der Waals surface area contributed by atoms with E-state index in [1.807, 2.05) is 28.1 Å². The van der Waals surface area contributed by atoms with Crippen LogP contribution < -0.4 is 31.9 Å². The van der Waals surface area contributed by atoms with Gasteiger partial charge in [-0.1, -0.05) is 12.8 Å². The highest BCUT2D eigenvalue weighted by atomic mass is 31.3. The molecule has 500 valence electrons. The van der Waals surface area contributed by atoms with Crippen LogP contribution in [0.2, 0.25) is 0 Å². The maximum Gasteiger partial charge on any atom is 0.490 e. The first-order valence-corrected chi connectivity index (χ1v) is 34.2. The molecule has 10 N–H and O–H groups in total. The van der Waals surface area contributed by atoms with Crippen LogP contribution in [0.15, 0.2) is 0 Å². The minimum absolute atomic E-state index is 0.00121. The van der Waals surface area contributed by atoms with E-state index in [1.54, 1.807) is 0 Å². The average Bonchev–Trinajstić information content (AvgIpc) is 3.58. The molecule has 0 rings (SSSR count). The Morgan fingerprint density at radius 3 is 1.18 bits per heavy atom. The molecule has 0 spiro atoms. The summed E-state index contributed by atoms with van der Waals surface area (Å²) in [5.41, 5.74) is 0. The van der Waals surface area contributed by atoms with Gasteiger partial charge in [0.2, 0.25) is 35.4 Å². The number of nitrogens with one attached hydrogen (secondary N) is 6. The van der Waals surface area contributed by atoms with Gasteiger partial charge in [0.25, 0.3) is 0 Å². The van der Waals surface area contributed by atoms with Crippen LogP contribution in [0.5, 0.6) is 0 Å². The van der Waals surface area contributed by atoms with Crippen molar-refractivity contribution in [3.8, 4) is 0 Å². The second-order valence-electron chi connectivity index (χ2n) is 25.4. The summed E-state index contributed by atoms with van der Waals surface area (Å²) in [6.45, 7) is 6.68. The molecule has 0 saturated carbocycles. The third-order valence-corrected chi connectivity index (χ3v) is 16.6. The number of nitrogens with zero attached hydrogens (tertiary/aromatic N) is 4. The van der Waals surface area contributed by atoms with Crippen molar-refractivity contribution in [2.45, 2.75) is 140 Å². The lowest BCUT2D eigenvalue weighted by molar-refractivity contribution is -0.870. The lowest BCUT2D eigenvalue weighted by atomic mass is 10.0. The number of ether oxygens (including phenoxy) is 3. The molecule has 0 aromatic carbocycles. The first-order chi connectivity index (χ1) is 39.2. The number of unbranched alkanes of at least 4 members (excludes halogenated alkanes) is 7. The second-order valence-corrected chi connectivity index (χ2v) is 29.8. The summed E-state index contributed by atoms with van der Waals surface area (Å²) in [5.74, 6) is -3.22. The molecule has 6 amide bonds. The van der Waals surface area contributed by atoms with Crippen molar-refractivity contribution in [3.63, 3.8) is 0 Å². The molecular weight excluding hydrogens is 1170 g/mol. The Hall–Kier alpha value is -3.05. The molecule has 6 unspecified atom stereocenters. The molecule has 32 heteroatoms. The van der Waals surface area contributed by atoms with Crippen LogP contribution in [0, 0.1) is 0 Å². The standard InChI is InChI=1S/C53H109N10O19P3/c1-14-77-39-40-79-42-41-78-38-31-48(64)56-45(28-18-23-34-61(5,6)7)51(67)58-47(30-20-25-36-63(11,12)13)53(69)59-46(29-19-24-35-62(8,9)10)52(68)57-44(27-17-22-33-60(2,3)4)50(66)55-43-49(65)54-32-21-15-16-26-37-80-84(73,74)82-85(75,76)81-83(70,71)72/h44-47H,14-43H2,1-13H3,(H6-4,54,55,56,57,58,59,64,65,66,67,68,69,70,71,72,73,74,75,76)/p+4. The largest absolute Gasteiger partial charge is 0.490 e. The average molecular weight is 1290 g/mol. The Balaban J connectivity index is 6.35. The van der Waals surface area contributed by atoms with Crippen molar-refractivity contribution >= 4 is 58.9 Å². The fraction of sp³-hybridized carbons (Fsp3) is 0.887. The van der Waals surface area contributed by atoms with Gasteiger partial charge in [0.15, 0.2) is 0 Å². The fourth-order valence-electron chi connectivity index (χ4n) is 8.29. The van der Waals surface area contributed by atoms with Gasteiger partial charge >= 0.3 is 23.5 Å². The fourth-order valence-corrected chi connectivity index (χ4v) is 11.3. The van der Waals surface area contributed by atoms with Crippen LogP contribution in [0.4, 0.5) is 0 Å². The summed E-state index contributed by atoms with van der Waals surface area (Å²) in [6, 6.07) is -4.23. The number of hydrogen-bond donors (Lipinski definition) is 10. The molecule has 0 aliphatic carbocycles. The van der Waals surface area contributed by atoms with Gasteiger partial charge in [-0.15, -0.1) is 0 Å². The van der Waals surface area contributed by atoms with Gasteiger partial charge in [-0.2, -0.15) is 8.62 Å². The topological polar surface area (TPSA) is 362 Å². The number of amides is 6. The zero-order chi connectivity index (χ0) is 65.0. The van der Waals surface area contributed by atoms with Gasteiger partial charge in [-0.3, -0.25) is 33.3 Å². The number of hydrogen-bond acceptors (Lipinski definition) is 15. The maximum absolute atomic E-state index is 14.7. The quantitative estimate of drug-likeness (QED) is 0.0237. The molecule has 0 fully saturated rings. The van der Waals surface area contributed by atoms with Gasteiger partial charge in [0.1, 0.15) is 24.2 Å². The normalized spacial score (nSPS) is 15.4. The number of quaternary nitrogens is 4. The molecule has 6 atom stereocenters. The van der Waals surface area contributed by atoms with E-state index < -0.39 is 90.3 Å². The zero-order valence-electron chi connectivity index (χ0n) is 53.6. The highest BCUT2D eigenvalue weighted by Crippen LogP contribution is 2.66. The van der Waals surface area contributed by atoms with Gasteiger partial charge in [0, 0.05) is 19.6 Å². The second kappa shape index (κ2) is 42.0. The molecule has 0 radical (unpaired) electrons. The van der Waals surface area contributed by atoms with Crippen LogP contribution in [0.1, 0.15) is 116 Å². The third kappa shape index (κ3) is 49.5. The number of phosphoric ester groups is 1. The van der Waals surface area contributed by atoms with E-state index in [9.17, 15) is 52.2 Å². The SMILES string of the molecule is CCOCCOCCOCCC(=O)NC(CCCC[N+](C)(C)C)C(=O)NC(CCCC[N+](C)(C)C)C(=O)NC(CCCC[N+](C)(C)C)C(=O)NC(CCCC[N+](C)(C)C)C(=O)NCC(=O)NCCCCCCOP(=O)(O)OP(=O)(O)OP(=O)(O)O. The molecule has 0 aromatic rings. The van der Waals surface area contributed by atoms with E-state index in [0.717, 1.165) is 56.3 Å². The van der Waals surface area contributed by atoms with Gasteiger partial charge in [0.05, 0.1) is 157 Å². The van der Waals surface area contributed by atoms with Crippen LogP contribution in [-0.4, -0.2) is 267 Å². The van der Waals surface area contributed by atoms with Gasteiger partial charge in [-0.05, 0) is 96.8 Å². The molecule has 0 aliphatic heterocycles. The van der Waals surface area contributed by atoms with Crippen LogP contribution in [0.3, 0.4) is 0 Å². The smallest absolute Gasteiger partial charge is 0.379 e. The van der Waals surface area contributed by atoms with Crippen LogP contribution in [0.25, 0.3) is 0 Å². The summed E-state index contributed by atoms with van der Waals surface area (Å²) < 4.78 is 65.4. The van der Waals surface area contributed by atoms with Gasteiger partial charge < -0.3 is 83.6 Å². The summed E-state index contributed by atoms with van der Waals surface area (Å²) in [7, 11) is 8.33. The number of carbonyl (C=O) groups is 6. The summed E-state index contributed by atoms with van der Waals surface area (Å²) in [5, 5.41) is 17.0. The maximum atomic E-state index is 14.7. The number of carbonyl (C=O) groups excluding carboxylic acids is 6. The molecule has 29 nitrogen and oxygen atoms in total. The Morgan fingerprint density at radius 1 is 0.400 bits per heavy atom. The predicted molar refractivity (Wildman–Crippen MR) is 322 cm³/mol. The molecule has 0 bridgehead atoms. The Bertz CT molecular complexity index is 2100. The number of phosphoric acid groups is 3. The number of rotatable bonds is 52. The predicted octanol–water partition coefficient (Wildman–Crippen LogP) is 2.03. The van der Waals surface area contributed by atoms with E-state index in [-0.39, 0.29) is 57.8 Å². The van der Waals surface area contributed by atoms with Crippen molar-refractivity contribution in [3.05, 3.63) is 0 Å². The summed E-state index contributed by atoms with van der Waals surface area (Å²) >= 11 is 0. The highest BCUT2D eigenvalue weighted by Gasteiger charge is 2.40. The summed E-state index contributed by atoms with van der Waals surface area (Å²) in [6.07, 6.45) is 7.77. The monoisotopic (exact) mass is 1290 g/mol. The molecule has 0 heterocycles. The Labute approximate surface area is 506 Å².